The first kappa shape index (κ1) is 19.8. The summed E-state index contributed by atoms with van der Waals surface area (Å²) in [6, 6.07) is 8.81. The van der Waals surface area contributed by atoms with E-state index in [9.17, 15) is 14.4 Å². The molecular weight excluding hydrogens is 378 g/mol. The average molecular weight is 399 g/mol. The van der Waals surface area contributed by atoms with Crippen molar-refractivity contribution in [2.45, 2.75) is 27.2 Å². The zero-order chi connectivity index (χ0) is 20.3. The summed E-state index contributed by atoms with van der Waals surface area (Å²) in [7, 11) is 0. The molecule has 0 aliphatic rings. The van der Waals surface area contributed by atoms with E-state index in [2.05, 4.69) is 10.4 Å². The lowest BCUT2D eigenvalue weighted by Crippen LogP contribution is -2.25. The largest absolute Gasteiger partial charge is 0.461 e. The number of carbonyl (C=O) groups excluding carboxylic acids is 2. The average Bonchev–Trinajstić information content (AvgIpc) is 3.06. The highest BCUT2D eigenvalue weighted by atomic mass is 32.1. The number of rotatable bonds is 6. The van der Waals surface area contributed by atoms with E-state index in [1.54, 1.807) is 36.6 Å². The second kappa shape index (κ2) is 8.35. The molecule has 3 rings (SSSR count). The van der Waals surface area contributed by atoms with E-state index >= 15 is 0 Å². The van der Waals surface area contributed by atoms with E-state index in [-0.39, 0.29) is 29.5 Å². The molecule has 3 aromatic rings. The van der Waals surface area contributed by atoms with Crippen LogP contribution in [-0.2, 0) is 9.53 Å². The first-order chi connectivity index (χ1) is 13.4. The van der Waals surface area contributed by atoms with Gasteiger partial charge in [-0.3, -0.25) is 9.59 Å². The molecule has 2 aromatic heterocycles. The van der Waals surface area contributed by atoms with Gasteiger partial charge in [0.05, 0.1) is 17.7 Å². The Kier molecular flexibility index (Phi) is 5.89. The number of hydrogen-bond donors (Lipinski definition) is 1. The van der Waals surface area contributed by atoms with Crippen molar-refractivity contribution < 1.29 is 14.3 Å². The molecule has 146 valence electrons. The van der Waals surface area contributed by atoms with Crippen molar-refractivity contribution in [2.75, 3.05) is 11.9 Å². The number of ether oxygens (including phenoxy) is 1. The van der Waals surface area contributed by atoms with Crippen LogP contribution in [0.1, 0.15) is 37.7 Å². The number of para-hydroxylation sites is 1. The summed E-state index contributed by atoms with van der Waals surface area (Å²) in [4.78, 5) is 37.8. The van der Waals surface area contributed by atoms with Crippen molar-refractivity contribution in [3.63, 3.8) is 0 Å². The van der Waals surface area contributed by atoms with Gasteiger partial charge in [0.15, 0.2) is 5.69 Å². The minimum atomic E-state index is -0.616. The first-order valence-electron chi connectivity index (χ1n) is 8.99. The predicted octanol–water partition coefficient (Wildman–Crippen LogP) is 3.61. The maximum absolute atomic E-state index is 13.2. The Balaban J connectivity index is 2.20. The summed E-state index contributed by atoms with van der Waals surface area (Å²) in [5.41, 5.74) is 0.155. The fraction of sp³-hybridized carbons (Fsp3) is 0.300. The quantitative estimate of drug-likeness (QED) is 0.640. The molecule has 0 saturated heterocycles. The number of esters is 1. The number of hydrogen-bond acceptors (Lipinski definition) is 6. The third-order valence-electron chi connectivity index (χ3n) is 3.97. The van der Waals surface area contributed by atoms with Crippen molar-refractivity contribution in [1.29, 1.82) is 0 Å². The highest BCUT2D eigenvalue weighted by Gasteiger charge is 2.23. The smallest absolute Gasteiger partial charge is 0.359 e. The van der Waals surface area contributed by atoms with Crippen LogP contribution in [0.25, 0.3) is 16.5 Å². The number of nitrogens with one attached hydrogen (secondary N) is 1. The SMILES string of the molecule is CCOC(=O)c1nn(-c2ccccc2)c(=O)c2c(NC(=O)CC(C)C)scc12. The molecule has 0 aliphatic heterocycles. The lowest BCUT2D eigenvalue weighted by atomic mass is 10.1. The molecule has 0 aliphatic carbocycles. The maximum atomic E-state index is 13.2. The Labute approximate surface area is 165 Å². The van der Waals surface area contributed by atoms with Crippen LogP contribution in [0.15, 0.2) is 40.5 Å². The van der Waals surface area contributed by atoms with Crippen LogP contribution in [0.4, 0.5) is 5.00 Å². The third kappa shape index (κ3) is 3.96. The zero-order valence-corrected chi connectivity index (χ0v) is 16.7. The molecule has 0 saturated carbocycles. The fourth-order valence-electron chi connectivity index (χ4n) is 2.78. The highest BCUT2D eigenvalue weighted by molar-refractivity contribution is 7.16. The first-order valence-corrected chi connectivity index (χ1v) is 9.87. The van der Waals surface area contributed by atoms with Crippen LogP contribution in [0, 0.1) is 5.92 Å². The molecule has 0 atom stereocenters. The number of fused-ring (bicyclic) bond motifs is 1. The Morgan fingerprint density at radius 1 is 1.25 bits per heavy atom. The monoisotopic (exact) mass is 399 g/mol. The number of nitrogens with zero attached hydrogens (tertiary/aromatic N) is 2. The van der Waals surface area contributed by atoms with Crippen LogP contribution in [-0.4, -0.2) is 28.3 Å². The maximum Gasteiger partial charge on any atom is 0.359 e. The Bertz CT molecular complexity index is 1070. The van der Waals surface area contributed by atoms with Gasteiger partial charge in [0.25, 0.3) is 5.56 Å². The van der Waals surface area contributed by atoms with Crippen LogP contribution < -0.4 is 10.9 Å². The van der Waals surface area contributed by atoms with Gasteiger partial charge < -0.3 is 10.1 Å². The van der Waals surface area contributed by atoms with Crippen LogP contribution in [0.3, 0.4) is 0 Å². The topological polar surface area (TPSA) is 90.3 Å². The van der Waals surface area contributed by atoms with E-state index in [4.69, 9.17) is 4.74 Å². The molecule has 0 unspecified atom stereocenters. The summed E-state index contributed by atoms with van der Waals surface area (Å²) in [5, 5.41) is 9.74. The Morgan fingerprint density at radius 3 is 2.61 bits per heavy atom. The number of amides is 1. The van der Waals surface area contributed by atoms with E-state index in [0.29, 0.717) is 22.5 Å². The molecule has 0 fully saturated rings. The van der Waals surface area contributed by atoms with Gasteiger partial charge in [0.1, 0.15) is 5.00 Å². The molecule has 1 aromatic carbocycles. The van der Waals surface area contributed by atoms with Gasteiger partial charge in [-0.05, 0) is 25.0 Å². The van der Waals surface area contributed by atoms with Crippen LogP contribution in [0.5, 0.6) is 0 Å². The summed E-state index contributed by atoms with van der Waals surface area (Å²) in [6.45, 7) is 5.77. The van der Waals surface area contributed by atoms with Crippen molar-refractivity contribution >= 4 is 39.0 Å². The normalized spacial score (nSPS) is 11.0. The number of benzene rings is 1. The van der Waals surface area contributed by atoms with Crippen molar-refractivity contribution in [2.24, 2.45) is 5.92 Å². The van der Waals surface area contributed by atoms with Crippen molar-refractivity contribution in [3.8, 4) is 5.69 Å². The Morgan fingerprint density at radius 2 is 1.96 bits per heavy atom. The third-order valence-corrected chi connectivity index (χ3v) is 4.86. The number of thiophene rings is 1. The van der Waals surface area contributed by atoms with Gasteiger partial charge in [0.2, 0.25) is 5.91 Å². The second-order valence-corrected chi connectivity index (χ2v) is 7.50. The van der Waals surface area contributed by atoms with Gasteiger partial charge in [-0.15, -0.1) is 11.3 Å². The zero-order valence-electron chi connectivity index (χ0n) is 15.9. The highest BCUT2D eigenvalue weighted by Crippen LogP contribution is 2.31. The summed E-state index contributed by atoms with van der Waals surface area (Å²) < 4.78 is 6.28. The van der Waals surface area contributed by atoms with Crippen molar-refractivity contribution in [1.82, 2.24) is 9.78 Å². The summed E-state index contributed by atoms with van der Waals surface area (Å²) in [6.07, 6.45) is 0.335. The summed E-state index contributed by atoms with van der Waals surface area (Å²) >= 11 is 1.19. The van der Waals surface area contributed by atoms with E-state index in [1.807, 2.05) is 19.9 Å². The second-order valence-electron chi connectivity index (χ2n) is 6.62. The van der Waals surface area contributed by atoms with E-state index in [0.717, 1.165) is 0 Å². The molecule has 28 heavy (non-hydrogen) atoms. The number of aromatic nitrogens is 2. The van der Waals surface area contributed by atoms with E-state index < -0.39 is 11.5 Å². The standard InChI is InChI=1S/C20H21N3O4S/c1-4-27-20(26)17-14-11-28-18(21-15(24)10-12(2)3)16(14)19(25)23(22-17)13-8-6-5-7-9-13/h5-9,11-12H,4,10H2,1-3H3,(H,21,24). The lowest BCUT2D eigenvalue weighted by Gasteiger charge is -2.10. The molecule has 1 N–H and O–H groups in total. The Hall–Kier alpha value is -3.00. The predicted molar refractivity (Wildman–Crippen MR) is 109 cm³/mol. The molecule has 2 heterocycles. The molecule has 0 bridgehead atoms. The van der Waals surface area contributed by atoms with Crippen LogP contribution in [0.2, 0.25) is 0 Å². The molecule has 0 spiro atoms. The minimum absolute atomic E-state index is 0.0425. The molecule has 8 heteroatoms. The number of carbonyl (C=O) groups is 2. The number of anilines is 1. The van der Waals surface area contributed by atoms with E-state index in [1.165, 1.54) is 16.0 Å². The van der Waals surface area contributed by atoms with Gasteiger partial charge in [-0.2, -0.15) is 9.78 Å². The molecule has 7 nitrogen and oxygen atoms in total. The molecular formula is C20H21N3O4S. The minimum Gasteiger partial charge on any atom is -0.461 e. The van der Waals surface area contributed by atoms with Gasteiger partial charge in [-0.1, -0.05) is 32.0 Å². The fourth-order valence-corrected chi connectivity index (χ4v) is 3.74. The molecule has 1 amide bonds. The van der Waals surface area contributed by atoms with Gasteiger partial charge in [-0.25, -0.2) is 4.79 Å². The summed E-state index contributed by atoms with van der Waals surface area (Å²) in [5.74, 6) is -0.613. The van der Waals surface area contributed by atoms with Gasteiger partial charge >= 0.3 is 5.97 Å². The van der Waals surface area contributed by atoms with Gasteiger partial charge in [0, 0.05) is 17.2 Å². The lowest BCUT2D eigenvalue weighted by molar-refractivity contribution is -0.116. The molecule has 0 radical (unpaired) electrons. The van der Waals surface area contributed by atoms with Crippen molar-refractivity contribution in [3.05, 3.63) is 51.8 Å². The van der Waals surface area contributed by atoms with Crippen LogP contribution >= 0.6 is 11.3 Å².